The normalized spacial score (nSPS) is 26.7. The lowest BCUT2D eigenvalue weighted by atomic mass is 9.74. The fraction of sp³-hybridized carbons (Fsp3) is 0.625. The van der Waals surface area contributed by atoms with Gasteiger partial charge in [0.15, 0.2) is 0 Å². The molecule has 1 unspecified atom stereocenters. The highest BCUT2D eigenvalue weighted by atomic mass is 16.5. The van der Waals surface area contributed by atoms with Gasteiger partial charge in [0.2, 0.25) is 0 Å². The smallest absolute Gasteiger partial charge is 0.120 e. The van der Waals surface area contributed by atoms with Crippen molar-refractivity contribution in [3.05, 3.63) is 29.8 Å². The minimum absolute atomic E-state index is 0.116. The second kappa shape index (κ2) is 5.14. The number of rotatable bonds is 3. The van der Waals surface area contributed by atoms with E-state index in [1.54, 1.807) is 6.92 Å². The lowest BCUT2D eigenvalue weighted by Crippen LogP contribution is -2.48. The van der Waals surface area contributed by atoms with Crippen molar-refractivity contribution in [1.82, 2.24) is 0 Å². The van der Waals surface area contributed by atoms with Crippen molar-refractivity contribution in [2.75, 3.05) is 6.61 Å². The first-order valence-corrected chi connectivity index (χ1v) is 7.26. The predicted octanol–water partition coefficient (Wildman–Crippen LogP) is 3.22. The van der Waals surface area contributed by atoms with Crippen LogP contribution in [0.15, 0.2) is 24.3 Å². The molecule has 1 aliphatic carbocycles. The van der Waals surface area contributed by atoms with Gasteiger partial charge >= 0.3 is 0 Å². The van der Waals surface area contributed by atoms with E-state index in [1.807, 2.05) is 24.3 Å². The Labute approximate surface area is 114 Å². The molecule has 1 saturated heterocycles. The van der Waals surface area contributed by atoms with E-state index in [2.05, 4.69) is 0 Å². The molecule has 3 nitrogen and oxygen atoms in total. The molecule has 104 valence electrons. The lowest BCUT2D eigenvalue weighted by molar-refractivity contribution is -0.153. The van der Waals surface area contributed by atoms with Gasteiger partial charge in [-0.15, -0.1) is 0 Å². The number of ether oxygens (including phenoxy) is 2. The van der Waals surface area contributed by atoms with Gasteiger partial charge in [-0.2, -0.15) is 0 Å². The number of benzene rings is 1. The summed E-state index contributed by atoms with van der Waals surface area (Å²) in [6, 6.07) is 7.77. The summed E-state index contributed by atoms with van der Waals surface area (Å²) in [5, 5.41) is 9.61. The van der Waals surface area contributed by atoms with E-state index in [4.69, 9.17) is 9.47 Å². The lowest BCUT2D eigenvalue weighted by Gasteiger charge is -2.46. The fourth-order valence-electron chi connectivity index (χ4n) is 3.04. The van der Waals surface area contributed by atoms with Crippen LogP contribution in [0.5, 0.6) is 5.75 Å². The number of aliphatic hydroxyl groups is 1. The first-order chi connectivity index (χ1) is 9.17. The van der Waals surface area contributed by atoms with Crippen LogP contribution in [0.4, 0.5) is 0 Å². The Morgan fingerprint density at radius 2 is 2.26 bits per heavy atom. The third-order valence-corrected chi connectivity index (χ3v) is 4.36. The van der Waals surface area contributed by atoms with Crippen LogP contribution in [-0.2, 0) is 4.74 Å². The zero-order valence-corrected chi connectivity index (χ0v) is 11.5. The van der Waals surface area contributed by atoms with E-state index in [1.165, 1.54) is 19.3 Å². The van der Waals surface area contributed by atoms with Crippen LogP contribution in [0.3, 0.4) is 0 Å². The van der Waals surface area contributed by atoms with E-state index in [9.17, 15) is 5.11 Å². The van der Waals surface area contributed by atoms with Gasteiger partial charge in [-0.1, -0.05) is 12.1 Å². The molecule has 2 atom stereocenters. The average molecular weight is 262 g/mol. The van der Waals surface area contributed by atoms with Crippen molar-refractivity contribution in [2.45, 2.75) is 56.8 Å². The second-order valence-electron chi connectivity index (χ2n) is 5.87. The van der Waals surface area contributed by atoms with Crippen LogP contribution in [0.25, 0.3) is 0 Å². The maximum atomic E-state index is 9.61. The van der Waals surface area contributed by atoms with E-state index < -0.39 is 6.10 Å². The van der Waals surface area contributed by atoms with Crippen molar-refractivity contribution in [2.24, 2.45) is 0 Å². The molecule has 1 aliphatic heterocycles. The van der Waals surface area contributed by atoms with Crippen molar-refractivity contribution in [1.29, 1.82) is 0 Å². The second-order valence-corrected chi connectivity index (χ2v) is 5.87. The molecule has 0 aromatic heterocycles. The molecule has 1 heterocycles. The van der Waals surface area contributed by atoms with E-state index >= 15 is 0 Å². The molecule has 2 fully saturated rings. The summed E-state index contributed by atoms with van der Waals surface area (Å²) in [6.45, 7) is 2.58. The van der Waals surface area contributed by atoms with E-state index in [-0.39, 0.29) is 11.7 Å². The van der Waals surface area contributed by atoms with Crippen LogP contribution < -0.4 is 4.74 Å². The largest absolute Gasteiger partial charge is 0.490 e. The van der Waals surface area contributed by atoms with Gasteiger partial charge in [-0.25, -0.2) is 0 Å². The summed E-state index contributed by atoms with van der Waals surface area (Å²) in [7, 11) is 0. The Balaban J connectivity index is 1.65. The fourth-order valence-corrected chi connectivity index (χ4v) is 3.04. The monoisotopic (exact) mass is 262 g/mol. The molecular formula is C16H22O3. The van der Waals surface area contributed by atoms with Gasteiger partial charge in [0, 0.05) is 12.8 Å². The average Bonchev–Trinajstić information content (AvgIpc) is 2.37. The molecule has 1 saturated carbocycles. The summed E-state index contributed by atoms with van der Waals surface area (Å²) in [4.78, 5) is 0. The SMILES string of the molecule is C[C@H](O)c1cccc(OC2CCOC3(CCC3)C2)c1. The Hall–Kier alpha value is -1.06. The van der Waals surface area contributed by atoms with Crippen LogP contribution >= 0.6 is 0 Å². The molecule has 1 aromatic rings. The van der Waals surface area contributed by atoms with Gasteiger partial charge in [-0.3, -0.25) is 0 Å². The number of hydrogen-bond acceptors (Lipinski definition) is 3. The van der Waals surface area contributed by atoms with Crippen molar-refractivity contribution in [3.8, 4) is 5.75 Å². The van der Waals surface area contributed by atoms with Crippen LogP contribution in [-0.4, -0.2) is 23.4 Å². The highest BCUT2D eigenvalue weighted by Crippen LogP contribution is 2.43. The third kappa shape index (κ3) is 2.77. The topological polar surface area (TPSA) is 38.7 Å². The molecule has 1 spiro atoms. The van der Waals surface area contributed by atoms with Gasteiger partial charge in [0.1, 0.15) is 11.9 Å². The highest BCUT2D eigenvalue weighted by Gasteiger charge is 2.43. The molecule has 19 heavy (non-hydrogen) atoms. The summed E-state index contributed by atoms with van der Waals surface area (Å²) in [5.74, 6) is 0.861. The van der Waals surface area contributed by atoms with Crippen molar-refractivity contribution < 1.29 is 14.6 Å². The molecular weight excluding hydrogens is 240 g/mol. The summed E-state index contributed by atoms with van der Waals surface area (Å²) >= 11 is 0. The molecule has 0 bridgehead atoms. The maximum absolute atomic E-state index is 9.61. The minimum Gasteiger partial charge on any atom is -0.490 e. The van der Waals surface area contributed by atoms with Gasteiger partial charge in [-0.05, 0) is 43.9 Å². The zero-order valence-electron chi connectivity index (χ0n) is 11.5. The minimum atomic E-state index is -0.448. The van der Waals surface area contributed by atoms with Gasteiger partial charge in [0.25, 0.3) is 0 Å². The predicted molar refractivity (Wildman–Crippen MR) is 73.3 cm³/mol. The standard InChI is InChI=1S/C16H22O3/c1-12(17)13-4-2-5-14(10-13)19-15-6-9-18-16(11-15)7-3-8-16/h2,4-5,10,12,15,17H,3,6-9,11H2,1H3/t12-,15?/m0/s1. The van der Waals surface area contributed by atoms with Gasteiger partial charge in [0.05, 0.1) is 18.3 Å². The molecule has 1 N–H and O–H groups in total. The van der Waals surface area contributed by atoms with Crippen LogP contribution in [0, 0.1) is 0 Å². The van der Waals surface area contributed by atoms with E-state index in [0.29, 0.717) is 0 Å². The van der Waals surface area contributed by atoms with Crippen molar-refractivity contribution in [3.63, 3.8) is 0 Å². The molecule has 0 amide bonds. The molecule has 3 rings (SSSR count). The molecule has 2 aliphatic rings. The quantitative estimate of drug-likeness (QED) is 0.909. The Morgan fingerprint density at radius 1 is 1.42 bits per heavy atom. The maximum Gasteiger partial charge on any atom is 0.120 e. The number of aliphatic hydroxyl groups excluding tert-OH is 1. The first kappa shape index (κ1) is 12.9. The van der Waals surface area contributed by atoms with E-state index in [0.717, 1.165) is 30.8 Å². The molecule has 3 heteroatoms. The Morgan fingerprint density at radius 3 is 2.95 bits per heavy atom. The van der Waals surface area contributed by atoms with Crippen LogP contribution in [0.1, 0.15) is 50.7 Å². The molecule has 1 aromatic carbocycles. The summed E-state index contributed by atoms with van der Waals surface area (Å²) in [6.07, 6.45) is 5.41. The summed E-state index contributed by atoms with van der Waals surface area (Å²) in [5.41, 5.74) is 1.02. The Kier molecular flexibility index (Phi) is 3.50. The first-order valence-electron chi connectivity index (χ1n) is 7.26. The third-order valence-electron chi connectivity index (χ3n) is 4.36. The summed E-state index contributed by atoms with van der Waals surface area (Å²) < 4.78 is 12.0. The Bertz CT molecular complexity index is 437. The molecule has 0 radical (unpaired) electrons. The zero-order chi connectivity index (χ0) is 13.3. The van der Waals surface area contributed by atoms with Gasteiger partial charge < -0.3 is 14.6 Å². The number of hydrogen-bond donors (Lipinski definition) is 1. The highest BCUT2D eigenvalue weighted by molar-refractivity contribution is 5.29. The van der Waals surface area contributed by atoms with Crippen LogP contribution in [0.2, 0.25) is 0 Å². The van der Waals surface area contributed by atoms with Crippen molar-refractivity contribution >= 4 is 0 Å².